The topological polar surface area (TPSA) is 119 Å². The lowest BCUT2D eigenvalue weighted by Gasteiger charge is -2.36. The van der Waals surface area contributed by atoms with Crippen molar-refractivity contribution in [2.24, 2.45) is 0 Å². The Hall–Kier alpha value is -2.46. The Labute approximate surface area is 173 Å². The molecule has 2 N–H and O–H groups in total. The first-order valence-electron chi connectivity index (χ1n) is 9.48. The monoisotopic (exact) mass is 434 g/mol. The predicted molar refractivity (Wildman–Crippen MR) is 105 cm³/mol. The first kappa shape index (κ1) is 20.8. The molecule has 160 valence electrons. The third-order valence-corrected chi connectivity index (χ3v) is 7.34. The van der Waals surface area contributed by atoms with Crippen LogP contribution in [0.4, 0.5) is 0 Å². The van der Waals surface area contributed by atoms with Gasteiger partial charge in [0, 0.05) is 12.0 Å². The highest BCUT2D eigenvalue weighted by Gasteiger charge is 2.45. The molecule has 9 heteroatoms. The number of aliphatic hydroxyl groups excluding tert-OH is 2. The zero-order chi connectivity index (χ0) is 21.6. The number of benzene rings is 2. The van der Waals surface area contributed by atoms with Crippen LogP contribution in [0.2, 0.25) is 0 Å². The summed E-state index contributed by atoms with van der Waals surface area (Å²) in [7, 11) is -2.68. The van der Waals surface area contributed by atoms with E-state index in [0.29, 0.717) is 5.56 Å². The van der Waals surface area contributed by atoms with Crippen molar-refractivity contribution in [1.82, 2.24) is 0 Å². The number of cyclic esters (lactones) is 1. The van der Waals surface area contributed by atoms with Gasteiger partial charge in [-0.1, -0.05) is 24.3 Å². The fourth-order valence-electron chi connectivity index (χ4n) is 3.95. The molecule has 2 aromatic rings. The molecule has 0 bridgehead atoms. The van der Waals surface area contributed by atoms with E-state index in [1.807, 2.05) is 0 Å². The van der Waals surface area contributed by atoms with Gasteiger partial charge >= 0.3 is 5.97 Å². The van der Waals surface area contributed by atoms with E-state index in [-0.39, 0.29) is 28.2 Å². The van der Waals surface area contributed by atoms with Gasteiger partial charge in [0.25, 0.3) is 0 Å². The number of hydrogen-bond donors (Lipinski definition) is 2. The summed E-state index contributed by atoms with van der Waals surface area (Å²) >= 11 is 0. The minimum atomic E-state index is -4.05. The molecule has 0 spiro atoms. The Morgan fingerprint density at radius 3 is 2.43 bits per heavy atom. The van der Waals surface area contributed by atoms with Crippen LogP contribution in [0, 0.1) is 0 Å². The van der Waals surface area contributed by atoms with E-state index in [1.165, 1.54) is 25.3 Å². The largest absolute Gasteiger partial charge is 0.496 e. The van der Waals surface area contributed by atoms with E-state index in [9.17, 15) is 23.4 Å². The molecule has 2 heterocycles. The Kier molecular flexibility index (Phi) is 5.31. The smallest absolute Gasteiger partial charge is 0.340 e. The van der Waals surface area contributed by atoms with Crippen LogP contribution >= 0.6 is 0 Å². The Bertz CT molecular complexity index is 1050. The second-order valence-electron chi connectivity index (χ2n) is 7.37. The quantitative estimate of drug-likeness (QED) is 0.701. The van der Waals surface area contributed by atoms with Crippen molar-refractivity contribution in [2.45, 2.75) is 48.1 Å². The fourth-order valence-corrected chi connectivity index (χ4v) is 5.49. The van der Waals surface area contributed by atoms with Crippen LogP contribution in [0.1, 0.15) is 46.4 Å². The molecule has 2 aliphatic rings. The summed E-state index contributed by atoms with van der Waals surface area (Å²) in [4.78, 5) is 12.4. The summed E-state index contributed by atoms with van der Waals surface area (Å²) < 4.78 is 43.0. The zero-order valence-corrected chi connectivity index (χ0v) is 17.2. The van der Waals surface area contributed by atoms with Crippen molar-refractivity contribution in [1.29, 1.82) is 0 Å². The maximum atomic E-state index is 13.2. The van der Waals surface area contributed by atoms with Crippen molar-refractivity contribution in [3.8, 4) is 5.75 Å². The molecule has 1 saturated heterocycles. The van der Waals surface area contributed by atoms with Gasteiger partial charge in [-0.25, -0.2) is 13.2 Å². The van der Waals surface area contributed by atoms with E-state index >= 15 is 0 Å². The number of ether oxygens (including phenoxy) is 3. The maximum absolute atomic E-state index is 13.2. The van der Waals surface area contributed by atoms with Gasteiger partial charge in [-0.3, -0.25) is 0 Å². The van der Waals surface area contributed by atoms with Gasteiger partial charge in [0.1, 0.15) is 11.9 Å². The van der Waals surface area contributed by atoms with Crippen LogP contribution in [0.15, 0.2) is 47.4 Å². The normalized spacial score (nSPS) is 28.7. The second-order valence-corrected chi connectivity index (χ2v) is 9.36. The molecule has 8 nitrogen and oxygen atoms in total. The van der Waals surface area contributed by atoms with Gasteiger partial charge in [-0.05, 0) is 25.1 Å². The molecule has 1 fully saturated rings. The highest BCUT2D eigenvalue weighted by atomic mass is 32.2. The lowest BCUT2D eigenvalue weighted by molar-refractivity contribution is -0.163. The second kappa shape index (κ2) is 7.66. The molecule has 0 radical (unpaired) electrons. The maximum Gasteiger partial charge on any atom is 0.340 e. The zero-order valence-electron chi connectivity index (χ0n) is 16.4. The van der Waals surface area contributed by atoms with Gasteiger partial charge in [-0.2, -0.15) is 0 Å². The van der Waals surface area contributed by atoms with E-state index in [2.05, 4.69) is 0 Å². The molecule has 2 aromatic carbocycles. The molecule has 30 heavy (non-hydrogen) atoms. The number of carbonyl (C=O) groups excluding carboxylic acids is 1. The molecule has 0 aromatic heterocycles. The number of sulfone groups is 1. The summed E-state index contributed by atoms with van der Waals surface area (Å²) in [5, 5.41) is 20.1. The van der Waals surface area contributed by atoms with Gasteiger partial charge in [-0.15, -0.1) is 0 Å². The summed E-state index contributed by atoms with van der Waals surface area (Å²) in [6, 6.07) is 10.8. The van der Waals surface area contributed by atoms with Crippen molar-refractivity contribution in [3.63, 3.8) is 0 Å². The van der Waals surface area contributed by atoms with E-state index < -0.39 is 45.7 Å². The number of carbonyl (C=O) groups is 1. The summed E-state index contributed by atoms with van der Waals surface area (Å²) in [6.07, 6.45) is -3.25. The third kappa shape index (κ3) is 3.27. The predicted octanol–water partition coefficient (Wildman–Crippen LogP) is 1.91. The molecule has 4 rings (SSSR count). The summed E-state index contributed by atoms with van der Waals surface area (Å²) in [5.74, 6) is -0.601. The Morgan fingerprint density at radius 2 is 1.80 bits per heavy atom. The Morgan fingerprint density at radius 1 is 1.10 bits per heavy atom. The fraction of sp³-hybridized carbons (Fsp3) is 0.381. The van der Waals surface area contributed by atoms with Gasteiger partial charge in [0.2, 0.25) is 15.3 Å². The molecular weight excluding hydrogens is 412 g/mol. The molecule has 0 amide bonds. The number of fused-ring (bicyclic) bond motifs is 1. The number of rotatable bonds is 4. The van der Waals surface area contributed by atoms with Crippen molar-refractivity contribution >= 4 is 15.8 Å². The third-order valence-electron chi connectivity index (χ3n) is 5.51. The molecule has 1 unspecified atom stereocenters. The standard InChI is InChI=1S/C21H22O8S/c1-11-18(23)15(22)10-16(28-11)13-8-9-14-17(19(13)27-2)21(29-20(14)24)30(25,26)12-6-4-3-5-7-12/h3-9,11,15-16,18,21-23H,10H2,1-2H3/t11-,15-,16-,18-,21?/m1/s1. The summed E-state index contributed by atoms with van der Waals surface area (Å²) in [5.41, 5.74) is -0.875. The SMILES string of the molecule is COc1c([C@H]2C[C@@H](O)[C@H](O)[C@@H](C)O2)ccc2c1C(S(=O)(=O)c1ccccc1)OC2=O. The number of aliphatic hydroxyl groups is 2. The first-order chi connectivity index (χ1) is 14.3. The minimum absolute atomic E-state index is 0.0178. The molecular formula is C21H22O8S. The van der Waals surface area contributed by atoms with E-state index in [4.69, 9.17) is 14.2 Å². The van der Waals surface area contributed by atoms with Gasteiger partial charge < -0.3 is 24.4 Å². The van der Waals surface area contributed by atoms with Crippen LogP contribution in [-0.2, 0) is 19.3 Å². The Balaban J connectivity index is 1.82. The first-order valence-corrected chi connectivity index (χ1v) is 11.0. The minimum Gasteiger partial charge on any atom is -0.496 e. The van der Waals surface area contributed by atoms with Crippen LogP contribution in [0.3, 0.4) is 0 Å². The highest BCUT2D eigenvalue weighted by Crippen LogP contribution is 2.47. The average Bonchev–Trinajstić information content (AvgIpc) is 3.09. The number of esters is 1. The number of methoxy groups -OCH3 is 1. The van der Waals surface area contributed by atoms with Crippen LogP contribution in [-0.4, -0.2) is 50.0 Å². The molecule has 0 saturated carbocycles. The van der Waals surface area contributed by atoms with E-state index in [0.717, 1.165) is 0 Å². The van der Waals surface area contributed by atoms with Crippen LogP contribution in [0.5, 0.6) is 5.75 Å². The summed E-state index contributed by atoms with van der Waals surface area (Å²) in [6.45, 7) is 1.63. The molecule has 2 aliphatic heterocycles. The lowest BCUT2D eigenvalue weighted by atomic mass is 9.92. The van der Waals surface area contributed by atoms with Crippen molar-refractivity contribution in [3.05, 3.63) is 59.2 Å². The van der Waals surface area contributed by atoms with Crippen LogP contribution in [0.25, 0.3) is 0 Å². The van der Waals surface area contributed by atoms with E-state index in [1.54, 1.807) is 31.2 Å². The molecule has 0 aliphatic carbocycles. The van der Waals surface area contributed by atoms with Crippen molar-refractivity contribution < 1.29 is 37.6 Å². The lowest BCUT2D eigenvalue weighted by Crippen LogP contribution is -2.44. The average molecular weight is 434 g/mol. The van der Waals surface area contributed by atoms with Crippen molar-refractivity contribution in [2.75, 3.05) is 7.11 Å². The van der Waals surface area contributed by atoms with Crippen LogP contribution < -0.4 is 4.74 Å². The van der Waals surface area contributed by atoms with Gasteiger partial charge in [0.05, 0.1) is 41.4 Å². The number of hydrogen-bond acceptors (Lipinski definition) is 8. The highest BCUT2D eigenvalue weighted by molar-refractivity contribution is 7.91. The van der Waals surface area contributed by atoms with Gasteiger partial charge in [0.15, 0.2) is 0 Å². The molecule has 5 atom stereocenters.